The van der Waals surface area contributed by atoms with Gasteiger partial charge >= 0.3 is 6.03 Å². The van der Waals surface area contributed by atoms with Gasteiger partial charge in [0, 0.05) is 6.54 Å². The third kappa shape index (κ3) is 5.33. The summed E-state index contributed by atoms with van der Waals surface area (Å²) in [5.74, 6) is 0.533. The lowest BCUT2D eigenvalue weighted by atomic mass is 9.98. The maximum absolute atomic E-state index is 12.2. The van der Waals surface area contributed by atoms with Crippen LogP contribution in [0.25, 0.3) is 0 Å². The number of rotatable bonds is 7. The number of carbonyl (C=O) groups is 2. The van der Waals surface area contributed by atoms with Crippen molar-refractivity contribution in [3.05, 3.63) is 29.8 Å². The van der Waals surface area contributed by atoms with Crippen LogP contribution in [0.15, 0.2) is 24.3 Å². The highest BCUT2D eigenvalue weighted by molar-refractivity contribution is 5.86. The fraction of sp³-hybridized carbons (Fsp3) is 0.467. The summed E-state index contributed by atoms with van der Waals surface area (Å²) in [6, 6.07) is 6.09. The number of hydrogen-bond donors (Lipinski definition) is 3. The number of urea groups is 1. The van der Waals surface area contributed by atoms with Crippen LogP contribution in [0.1, 0.15) is 25.8 Å². The molecule has 2 unspecified atom stereocenters. The Hall–Kier alpha value is -2.24. The third-order valence-electron chi connectivity index (χ3n) is 3.42. The van der Waals surface area contributed by atoms with Gasteiger partial charge in [-0.2, -0.15) is 0 Å². The van der Waals surface area contributed by atoms with Gasteiger partial charge in [-0.1, -0.05) is 32.4 Å². The summed E-state index contributed by atoms with van der Waals surface area (Å²) < 4.78 is 5.07. The molecular formula is C15H23N3O3. The van der Waals surface area contributed by atoms with Gasteiger partial charge in [0.05, 0.1) is 7.11 Å². The number of nitrogens with two attached hydrogens (primary N) is 1. The lowest BCUT2D eigenvalue weighted by molar-refractivity contribution is -0.124. The Balaban J connectivity index is 2.61. The number of primary amides is 1. The normalized spacial score (nSPS) is 13.1. The van der Waals surface area contributed by atoms with Crippen molar-refractivity contribution in [2.45, 2.75) is 32.9 Å². The van der Waals surface area contributed by atoms with Gasteiger partial charge in [-0.05, 0) is 23.6 Å². The molecular weight excluding hydrogens is 270 g/mol. The molecule has 6 nitrogen and oxygen atoms in total. The first-order chi connectivity index (χ1) is 9.97. The van der Waals surface area contributed by atoms with Crippen LogP contribution >= 0.6 is 0 Å². The van der Waals surface area contributed by atoms with E-state index in [0.717, 1.165) is 17.7 Å². The summed E-state index contributed by atoms with van der Waals surface area (Å²) in [7, 11) is 1.60. The molecule has 1 aromatic rings. The molecule has 3 amide bonds. The maximum atomic E-state index is 12.2. The minimum absolute atomic E-state index is 0.00775. The van der Waals surface area contributed by atoms with Crippen molar-refractivity contribution >= 4 is 11.9 Å². The molecule has 4 N–H and O–H groups in total. The first-order valence-corrected chi connectivity index (χ1v) is 6.94. The standard InChI is InChI=1S/C15H23N3O3/c1-4-10(2)13(18-15(16)20)14(19)17-9-11-5-7-12(21-3)8-6-11/h5-8,10,13H,4,9H2,1-3H3,(H,17,19)(H3,16,18,20). The average molecular weight is 293 g/mol. The highest BCUT2D eigenvalue weighted by atomic mass is 16.5. The molecule has 6 heteroatoms. The fourth-order valence-electron chi connectivity index (χ4n) is 1.90. The molecule has 1 aromatic carbocycles. The molecule has 0 heterocycles. The number of carbonyl (C=O) groups excluding carboxylic acids is 2. The first-order valence-electron chi connectivity index (χ1n) is 6.94. The lowest BCUT2D eigenvalue weighted by Crippen LogP contribution is -2.51. The zero-order valence-corrected chi connectivity index (χ0v) is 12.7. The van der Waals surface area contributed by atoms with E-state index < -0.39 is 12.1 Å². The minimum atomic E-state index is -0.695. The van der Waals surface area contributed by atoms with E-state index in [2.05, 4.69) is 10.6 Å². The van der Waals surface area contributed by atoms with Gasteiger partial charge in [0.2, 0.25) is 5.91 Å². The Morgan fingerprint density at radius 1 is 1.29 bits per heavy atom. The van der Waals surface area contributed by atoms with Crippen molar-refractivity contribution < 1.29 is 14.3 Å². The molecule has 0 aromatic heterocycles. The summed E-state index contributed by atoms with van der Waals surface area (Å²) in [6.45, 7) is 4.24. The van der Waals surface area contributed by atoms with Crippen LogP contribution in [-0.4, -0.2) is 25.1 Å². The minimum Gasteiger partial charge on any atom is -0.497 e. The summed E-state index contributed by atoms with van der Waals surface area (Å²) in [5, 5.41) is 5.30. The molecule has 0 aliphatic rings. The predicted molar refractivity (Wildman–Crippen MR) is 80.8 cm³/mol. The maximum Gasteiger partial charge on any atom is 0.312 e. The Kier molecular flexibility index (Phi) is 6.52. The second kappa shape index (κ2) is 8.14. The highest BCUT2D eigenvalue weighted by Gasteiger charge is 2.24. The SMILES string of the molecule is CCC(C)C(NC(N)=O)C(=O)NCc1ccc(OC)cc1. The smallest absolute Gasteiger partial charge is 0.312 e. The quantitative estimate of drug-likeness (QED) is 0.709. The van der Waals surface area contributed by atoms with Crippen molar-refractivity contribution in [2.75, 3.05) is 7.11 Å². The van der Waals surface area contributed by atoms with Gasteiger partial charge in [0.15, 0.2) is 0 Å². The van der Waals surface area contributed by atoms with Crippen molar-refractivity contribution in [3.8, 4) is 5.75 Å². The lowest BCUT2D eigenvalue weighted by Gasteiger charge is -2.22. The van der Waals surface area contributed by atoms with Gasteiger partial charge < -0.3 is 21.1 Å². The Bertz CT molecular complexity index is 474. The van der Waals surface area contributed by atoms with Crippen LogP contribution in [-0.2, 0) is 11.3 Å². The molecule has 0 saturated carbocycles. The molecule has 1 rings (SSSR count). The van der Waals surface area contributed by atoms with E-state index in [4.69, 9.17) is 10.5 Å². The van der Waals surface area contributed by atoms with Gasteiger partial charge in [-0.25, -0.2) is 4.79 Å². The Labute approximate surface area is 125 Å². The van der Waals surface area contributed by atoms with Gasteiger partial charge in [0.1, 0.15) is 11.8 Å². The molecule has 0 aliphatic carbocycles. The van der Waals surface area contributed by atoms with Crippen LogP contribution in [0.2, 0.25) is 0 Å². The summed E-state index contributed by atoms with van der Waals surface area (Å²) in [6.07, 6.45) is 0.765. The number of ether oxygens (including phenoxy) is 1. The number of benzene rings is 1. The fourth-order valence-corrected chi connectivity index (χ4v) is 1.90. The second-order valence-electron chi connectivity index (χ2n) is 4.94. The van der Waals surface area contributed by atoms with Crippen molar-refractivity contribution in [3.63, 3.8) is 0 Å². The van der Waals surface area contributed by atoms with E-state index in [1.165, 1.54) is 0 Å². The average Bonchev–Trinajstić information content (AvgIpc) is 2.49. The van der Waals surface area contributed by atoms with Crippen molar-refractivity contribution in [1.29, 1.82) is 0 Å². The topological polar surface area (TPSA) is 93.5 Å². The summed E-state index contributed by atoms with van der Waals surface area (Å²) >= 11 is 0. The van der Waals surface area contributed by atoms with Crippen molar-refractivity contribution in [2.24, 2.45) is 11.7 Å². The van der Waals surface area contributed by atoms with Crippen LogP contribution < -0.4 is 21.1 Å². The number of nitrogens with one attached hydrogen (secondary N) is 2. The second-order valence-corrected chi connectivity index (χ2v) is 4.94. The largest absolute Gasteiger partial charge is 0.497 e. The van der Waals surface area contributed by atoms with Crippen LogP contribution in [0.4, 0.5) is 4.79 Å². The van der Waals surface area contributed by atoms with Crippen LogP contribution in [0, 0.1) is 5.92 Å². The first kappa shape index (κ1) is 16.8. The van der Waals surface area contributed by atoms with E-state index in [-0.39, 0.29) is 11.8 Å². The van der Waals surface area contributed by atoms with Gasteiger partial charge in [0.25, 0.3) is 0 Å². The van der Waals surface area contributed by atoms with E-state index in [9.17, 15) is 9.59 Å². The highest BCUT2D eigenvalue weighted by Crippen LogP contribution is 2.12. The Morgan fingerprint density at radius 2 is 1.90 bits per heavy atom. The van der Waals surface area contributed by atoms with Crippen molar-refractivity contribution in [1.82, 2.24) is 10.6 Å². The number of methoxy groups -OCH3 is 1. The molecule has 116 valence electrons. The van der Waals surface area contributed by atoms with E-state index in [1.807, 2.05) is 38.1 Å². The van der Waals surface area contributed by atoms with Gasteiger partial charge in [-0.3, -0.25) is 4.79 Å². The zero-order chi connectivity index (χ0) is 15.8. The molecule has 0 aliphatic heterocycles. The van der Waals surface area contributed by atoms with Crippen LogP contribution in [0.3, 0.4) is 0 Å². The molecule has 0 bridgehead atoms. The number of hydrogen-bond acceptors (Lipinski definition) is 3. The molecule has 21 heavy (non-hydrogen) atoms. The summed E-state index contributed by atoms with van der Waals surface area (Å²) in [4.78, 5) is 23.2. The molecule has 0 fully saturated rings. The van der Waals surface area contributed by atoms with E-state index in [0.29, 0.717) is 6.54 Å². The Morgan fingerprint density at radius 3 is 2.38 bits per heavy atom. The molecule has 2 atom stereocenters. The molecule has 0 saturated heterocycles. The molecule has 0 spiro atoms. The number of amides is 3. The third-order valence-corrected chi connectivity index (χ3v) is 3.42. The summed E-state index contributed by atoms with van der Waals surface area (Å²) in [5.41, 5.74) is 6.07. The monoisotopic (exact) mass is 293 g/mol. The predicted octanol–water partition coefficient (Wildman–Crippen LogP) is 1.39. The van der Waals surface area contributed by atoms with E-state index >= 15 is 0 Å². The van der Waals surface area contributed by atoms with E-state index in [1.54, 1.807) is 7.11 Å². The van der Waals surface area contributed by atoms with Crippen LogP contribution in [0.5, 0.6) is 5.75 Å². The van der Waals surface area contributed by atoms with Gasteiger partial charge in [-0.15, -0.1) is 0 Å². The molecule has 0 radical (unpaired) electrons. The zero-order valence-electron chi connectivity index (χ0n) is 12.7.